The highest BCUT2D eigenvalue weighted by Crippen LogP contribution is 2.83. The fourth-order valence-electron chi connectivity index (χ4n) is 5.60. The largest absolute Gasteiger partial charge is 0.481 e. The summed E-state index contributed by atoms with van der Waals surface area (Å²) in [5, 5.41) is 9.20. The van der Waals surface area contributed by atoms with Crippen LogP contribution < -0.4 is 0 Å². The first-order valence-corrected chi connectivity index (χ1v) is 8.74. The summed E-state index contributed by atoms with van der Waals surface area (Å²) in [6, 6.07) is 10.6. The predicted molar refractivity (Wildman–Crippen MR) is 88.6 cm³/mol. The van der Waals surface area contributed by atoms with Gasteiger partial charge in [0.15, 0.2) is 0 Å². The molecule has 7 unspecified atom stereocenters. The van der Waals surface area contributed by atoms with Gasteiger partial charge in [0.1, 0.15) is 0 Å². The summed E-state index contributed by atoms with van der Waals surface area (Å²) in [5.41, 5.74) is 1.19. The average molecular weight is 300 g/mol. The third-order valence-corrected chi connectivity index (χ3v) is 7.00. The maximum atomic E-state index is 11.2. The molecule has 1 aromatic rings. The molecule has 120 valence electrons. The first-order chi connectivity index (χ1) is 10.5. The van der Waals surface area contributed by atoms with Crippen molar-refractivity contribution in [1.82, 2.24) is 0 Å². The van der Waals surface area contributed by atoms with Crippen LogP contribution in [-0.2, 0) is 4.79 Å². The molecule has 4 fully saturated rings. The van der Waals surface area contributed by atoms with Crippen molar-refractivity contribution in [2.45, 2.75) is 46.5 Å². The van der Waals surface area contributed by atoms with Gasteiger partial charge in [0, 0.05) is 0 Å². The normalized spacial score (nSPS) is 41.5. The van der Waals surface area contributed by atoms with E-state index in [1.165, 1.54) is 18.4 Å². The molecule has 7 atom stereocenters. The zero-order valence-corrected chi connectivity index (χ0v) is 14.1. The molecule has 1 N–H and O–H groups in total. The fraction of sp³-hybridized carbons (Fsp3) is 0.650. The molecule has 0 aliphatic heterocycles. The van der Waals surface area contributed by atoms with Gasteiger partial charge in [0.05, 0.1) is 5.41 Å². The minimum absolute atomic E-state index is 0.260. The Morgan fingerprint density at radius 1 is 1.32 bits per heavy atom. The Hall–Kier alpha value is -1.31. The second-order valence-electron chi connectivity index (χ2n) is 7.64. The summed E-state index contributed by atoms with van der Waals surface area (Å²) in [6.07, 6.45) is 2.42. The Bertz CT molecular complexity index is 548. The zero-order chi connectivity index (χ0) is 16.1. The van der Waals surface area contributed by atoms with Crippen LogP contribution >= 0.6 is 0 Å². The standard InChI is InChI=1S/C10H14O2.C10H14/c1-4-6-3-7-8(4)10(7,5(6)2)9(11)12;1-3-9(2)10-7-5-4-6-8-10/h4-8H,3H2,1-2H3,(H,11,12);4-9H,3H2,1-2H3. The van der Waals surface area contributed by atoms with Crippen LogP contribution in [0.2, 0.25) is 0 Å². The third-order valence-electron chi connectivity index (χ3n) is 7.00. The van der Waals surface area contributed by atoms with E-state index < -0.39 is 5.97 Å². The van der Waals surface area contributed by atoms with E-state index in [0.717, 1.165) is 5.92 Å². The molecule has 22 heavy (non-hydrogen) atoms. The van der Waals surface area contributed by atoms with Gasteiger partial charge in [-0.3, -0.25) is 4.79 Å². The third kappa shape index (κ3) is 1.96. The van der Waals surface area contributed by atoms with E-state index in [1.54, 1.807) is 0 Å². The number of rotatable bonds is 3. The molecular weight excluding hydrogens is 272 g/mol. The lowest BCUT2D eigenvalue weighted by molar-refractivity contribution is -0.145. The van der Waals surface area contributed by atoms with Crippen molar-refractivity contribution in [1.29, 1.82) is 0 Å². The Kier molecular flexibility index (Phi) is 3.82. The van der Waals surface area contributed by atoms with Gasteiger partial charge in [0.2, 0.25) is 0 Å². The molecule has 0 spiro atoms. The van der Waals surface area contributed by atoms with E-state index in [-0.39, 0.29) is 5.41 Å². The molecule has 4 saturated carbocycles. The highest BCUT2D eigenvalue weighted by molar-refractivity contribution is 5.82. The molecule has 4 aliphatic carbocycles. The summed E-state index contributed by atoms with van der Waals surface area (Å²) in [5.74, 6) is 3.12. The van der Waals surface area contributed by atoms with Crippen LogP contribution in [0, 0.1) is 35.0 Å². The minimum Gasteiger partial charge on any atom is -0.481 e. The number of carboxylic acids is 1. The minimum atomic E-state index is -0.517. The van der Waals surface area contributed by atoms with Crippen LogP contribution in [0.25, 0.3) is 0 Å². The Morgan fingerprint density at radius 2 is 1.95 bits per heavy atom. The molecule has 5 rings (SSSR count). The van der Waals surface area contributed by atoms with Crippen LogP contribution in [0.4, 0.5) is 0 Å². The van der Waals surface area contributed by atoms with Gasteiger partial charge in [-0.05, 0) is 53.9 Å². The molecule has 0 radical (unpaired) electrons. The zero-order valence-electron chi connectivity index (χ0n) is 14.1. The predicted octanol–water partition coefficient (Wildman–Crippen LogP) is 4.81. The lowest BCUT2D eigenvalue weighted by Crippen LogP contribution is -2.22. The first kappa shape index (κ1) is 15.6. The highest BCUT2D eigenvalue weighted by Gasteiger charge is 2.84. The molecule has 4 aliphatic rings. The van der Waals surface area contributed by atoms with Gasteiger partial charge in [-0.2, -0.15) is 0 Å². The second kappa shape index (κ2) is 5.40. The maximum Gasteiger partial charge on any atom is 0.310 e. The lowest BCUT2D eigenvalue weighted by atomic mass is 9.90. The Balaban J connectivity index is 0.000000134. The van der Waals surface area contributed by atoms with Crippen molar-refractivity contribution in [3.05, 3.63) is 35.9 Å². The van der Waals surface area contributed by atoms with Gasteiger partial charge < -0.3 is 5.11 Å². The van der Waals surface area contributed by atoms with Gasteiger partial charge in [-0.25, -0.2) is 0 Å². The lowest BCUT2D eigenvalue weighted by Gasteiger charge is -2.14. The molecular formula is C20H28O2. The van der Waals surface area contributed by atoms with Crippen LogP contribution in [0.15, 0.2) is 30.3 Å². The average Bonchev–Trinajstić information content (AvgIpc) is 2.84. The van der Waals surface area contributed by atoms with Crippen LogP contribution in [0.1, 0.15) is 52.0 Å². The van der Waals surface area contributed by atoms with E-state index in [4.69, 9.17) is 0 Å². The van der Waals surface area contributed by atoms with E-state index in [2.05, 4.69) is 58.0 Å². The quantitative estimate of drug-likeness (QED) is 0.870. The van der Waals surface area contributed by atoms with Crippen molar-refractivity contribution in [3.8, 4) is 0 Å². The van der Waals surface area contributed by atoms with Gasteiger partial charge >= 0.3 is 5.97 Å². The van der Waals surface area contributed by atoms with E-state index in [9.17, 15) is 9.90 Å². The molecule has 0 amide bonds. The number of aliphatic carboxylic acids is 1. The Morgan fingerprint density at radius 3 is 2.27 bits per heavy atom. The van der Waals surface area contributed by atoms with Gasteiger partial charge in [-0.1, -0.05) is 58.0 Å². The summed E-state index contributed by atoms with van der Waals surface area (Å²) < 4.78 is 0. The molecule has 0 heterocycles. The van der Waals surface area contributed by atoms with Gasteiger partial charge in [-0.15, -0.1) is 0 Å². The topological polar surface area (TPSA) is 37.3 Å². The number of benzene rings is 1. The van der Waals surface area contributed by atoms with E-state index in [0.29, 0.717) is 29.6 Å². The van der Waals surface area contributed by atoms with Crippen LogP contribution in [0.3, 0.4) is 0 Å². The van der Waals surface area contributed by atoms with Crippen molar-refractivity contribution in [3.63, 3.8) is 0 Å². The summed E-state index contributed by atoms with van der Waals surface area (Å²) >= 11 is 0. The smallest absolute Gasteiger partial charge is 0.310 e. The van der Waals surface area contributed by atoms with Crippen molar-refractivity contribution in [2.75, 3.05) is 0 Å². The number of carboxylic acid groups (broad SMARTS) is 1. The second-order valence-corrected chi connectivity index (χ2v) is 7.64. The summed E-state index contributed by atoms with van der Waals surface area (Å²) in [4.78, 5) is 11.2. The molecule has 4 bridgehead atoms. The van der Waals surface area contributed by atoms with E-state index in [1.807, 2.05) is 0 Å². The number of carbonyl (C=O) groups is 1. The maximum absolute atomic E-state index is 11.2. The van der Waals surface area contributed by atoms with E-state index >= 15 is 0 Å². The van der Waals surface area contributed by atoms with Crippen molar-refractivity contribution >= 4 is 5.97 Å². The highest BCUT2D eigenvalue weighted by atomic mass is 16.4. The molecule has 0 aromatic heterocycles. The van der Waals surface area contributed by atoms with Crippen LogP contribution in [-0.4, -0.2) is 11.1 Å². The molecule has 2 nitrogen and oxygen atoms in total. The number of hydrogen-bond donors (Lipinski definition) is 1. The summed E-state index contributed by atoms with van der Waals surface area (Å²) in [7, 11) is 0. The van der Waals surface area contributed by atoms with Crippen LogP contribution in [0.5, 0.6) is 0 Å². The number of hydrogen-bond acceptors (Lipinski definition) is 1. The SMILES string of the molecule is CC1C2CC3C1C3(C(=O)O)C2C.CCC(C)c1ccccc1. The Labute approximate surface area is 133 Å². The molecule has 2 heteroatoms. The molecule has 0 saturated heterocycles. The summed E-state index contributed by atoms with van der Waals surface area (Å²) in [6.45, 7) is 8.86. The molecule has 1 aromatic carbocycles. The first-order valence-electron chi connectivity index (χ1n) is 8.74. The van der Waals surface area contributed by atoms with Crippen molar-refractivity contribution in [2.24, 2.45) is 35.0 Å². The van der Waals surface area contributed by atoms with Gasteiger partial charge in [0.25, 0.3) is 0 Å². The fourth-order valence-corrected chi connectivity index (χ4v) is 5.60. The van der Waals surface area contributed by atoms with Crippen molar-refractivity contribution < 1.29 is 9.90 Å². The monoisotopic (exact) mass is 300 g/mol.